The van der Waals surface area contributed by atoms with Gasteiger partial charge in [-0.3, -0.25) is 0 Å². The van der Waals surface area contributed by atoms with Crippen LogP contribution in [-0.2, 0) is 0 Å². The normalized spacial score (nSPS) is 12.4. The van der Waals surface area contributed by atoms with E-state index in [-0.39, 0.29) is 11.8 Å². The van der Waals surface area contributed by atoms with E-state index in [1.165, 1.54) is 24.9 Å². The Morgan fingerprint density at radius 2 is 2.26 bits per heavy atom. The maximum absolute atomic E-state index is 13.5. The van der Waals surface area contributed by atoms with Gasteiger partial charge in [-0.15, -0.1) is 10.2 Å². The molecule has 0 aliphatic carbocycles. The molecule has 2 N–H and O–H groups in total. The summed E-state index contributed by atoms with van der Waals surface area (Å²) < 4.78 is 23.6. The molecule has 1 aromatic carbocycles. The Morgan fingerprint density at radius 3 is 2.84 bits per heavy atom. The third-order valence-electron chi connectivity index (χ3n) is 2.50. The van der Waals surface area contributed by atoms with E-state index in [9.17, 15) is 4.39 Å². The Kier molecular flexibility index (Phi) is 4.39. The van der Waals surface area contributed by atoms with Crippen molar-refractivity contribution in [3.05, 3.63) is 35.5 Å². The Hall–Kier alpha value is -1.60. The summed E-state index contributed by atoms with van der Waals surface area (Å²) in [5.41, 5.74) is 6.69. The minimum atomic E-state index is -0.422. The first-order chi connectivity index (χ1) is 9.10. The number of benzene rings is 1. The summed E-state index contributed by atoms with van der Waals surface area (Å²) in [6, 6.07) is 4.36. The maximum atomic E-state index is 13.5. The molecule has 0 saturated carbocycles. The summed E-state index contributed by atoms with van der Waals surface area (Å²) in [5.74, 6) is 0.810. The zero-order valence-corrected chi connectivity index (χ0v) is 11.4. The van der Waals surface area contributed by atoms with Crippen LogP contribution in [0.1, 0.15) is 17.5 Å². The predicted molar refractivity (Wildman–Crippen MR) is 69.6 cm³/mol. The van der Waals surface area contributed by atoms with Crippen molar-refractivity contribution in [1.82, 2.24) is 10.2 Å². The molecule has 7 heteroatoms. The Labute approximate surface area is 114 Å². The molecule has 0 bridgehead atoms. The van der Waals surface area contributed by atoms with E-state index in [4.69, 9.17) is 14.9 Å². The number of methoxy groups -OCH3 is 1. The number of thioether (sulfide) groups is 1. The summed E-state index contributed by atoms with van der Waals surface area (Å²) in [7, 11) is 1.42. The van der Waals surface area contributed by atoms with Crippen LogP contribution in [0.25, 0.3) is 0 Å². The Bertz CT molecular complexity index is 562. The van der Waals surface area contributed by atoms with Crippen LogP contribution in [0.2, 0.25) is 0 Å². The fraction of sp³-hybridized carbons (Fsp3) is 0.333. The van der Waals surface area contributed by atoms with Crippen molar-refractivity contribution >= 4 is 11.8 Å². The molecule has 0 fully saturated rings. The number of nitrogens with two attached hydrogens (primary N) is 1. The molecule has 102 valence electrons. The van der Waals surface area contributed by atoms with E-state index < -0.39 is 5.82 Å². The summed E-state index contributed by atoms with van der Waals surface area (Å²) >= 11 is 1.34. The average molecular weight is 283 g/mol. The second kappa shape index (κ2) is 6.03. The number of halogens is 1. The van der Waals surface area contributed by atoms with Gasteiger partial charge in [0, 0.05) is 18.7 Å². The lowest BCUT2D eigenvalue weighted by Crippen LogP contribution is -2.13. The van der Waals surface area contributed by atoms with Crippen molar-refractivity contribution in [2.45, 2.75) is 18.2 Å². The lowest BCUT2D eigenvalue weighted by atomic mass is 10.1. The van der Waals surface area contributed by atoms with Crippen LogP contribution in [0.3, 0.4) is 0 Å². The van der Waals surface area contributed by atoms with Crippen molar-refractivity contribution in [1.29, 1.82) is 0 Å². The third-order valence-corrected chi connectivity index (χ3v) is 3.44. The van der Waals surface area contributed by atoms with Gasteiger partial charge in [-0.05, 0) is 17.7 Å². The summed E-state index contributed by atoms with van der Waals surface area (Å²) in [4.78, 5) is 0. The summed E-state index contributed by atoms with van der Waals surface area (Å²) in [5, 5.41) is 8.03. The highest BCUT2D eigenvalue weighted by Gasteiger charge is 2.12. The number of ether oxygens (including phenoxy) is 1. The van der Waals surface area contributed by atoms with Gasteiger partial charge < -0.3 is 14.9 Å². The summed E-state index contributed by atoms with van der Waals surface area (Å²) in [6.45, 7) is 1.72. The summed E-state index contributed by atoms with van der Waals surface area (Å²) in [6.07, 6.45) is 0. The molecule has 1 heterocycles. The minimum absolute atomic E-state index is 0.205. The second-order valence-corrected chi connectivity index (χ2v) is 4.87. The van der Waals surface area contributed by atoms with Gasteiger partial charge >= 0.3 is 0 Å². The van der Waals surface area contributed by atoms with Crippen molar-refractivity contribution < 1.29 is 13.5 Å². The number of aryl methyl sites for hydroxylation is 1. The van der Waals surface area contributed by atoms with Crippen molar-refractivity contribution in [3.8, 4) is 5.75 Å². The Balaban J connectivity index is 1.99. The van der Waals surface area contributed by atoms with Crippen LogP contribution in [-0.4, -0.2) is 23.1 Å². The first kappa shape index (κ1) is 13.8. The Morgan fingerprint density at radius 1 is 1.47 bits per heavy atom. The molecule has 0 spiro atoms. The zero-order chi connectivity index (χ0) is 13.8. The highest BCUT2D eigenvalue weighted by Crippen LogP contribution is 2.25. The molecule has 1 atom stereocenters. The third kappa shape index (κ3) is 3.45. The fourth-order valence-corrected chi connectivity index (χ4v) is 2.30. The lowest BCUT2D eigenvalue weighted by molar-refractivity contribution is 0.386. The van der Waals surface area contributed by atoms with Crippen LogP contribution in [0.5, 0.6) is 5.75 Å². The molecule has 2 aromatic rings. The van der Waals surface area contributed by atoms with Crippen molar-refractivity contribution in [2.24, 2.45) is 5.73 Å². The molecule has 0 aliphatic rings. The predicted octanol–water partition coefficient (Wildman–Crippen LogP) is 2.32. The number of rotatable bonds is 5. The highest BCUT2D eigenvalue weighted by atomic mass is 32.2. The minimum Gasteiger partial charge on any atom is -0.494 e. The van der Waals surface area contributed by atoms with Gasteiger partial charge in [0.25, 0.3) is 5.22 Å². The SMILES string of the molecule is COc1ccc(C(N)CSc2nnc(C)o2)cc1F. The number of aromatic nitrogens is 2. The molecule has 0 amide bonds. The second-order valence-electron chi connectivity index (χ2n) is 3.90. The lowest BCUT2D eigenvalue weighted by Gasteiger charge is -2.11. The fourth-order valence-electron chi connectivity index (χ4n) is 1.51. The molecule has 5 nitrogen and oxygen atoms in total. The molecular formula is C12H14FN3O2S. The van der Waals surface area contributed by atoms with Gasteiger partial charge in [0.2, 0.25) is 5.89 Å². The molecule has 0 aliphatic heterocycles. The number of hydrogen-bond donors (Lipinski definition) is 1. The van der Waals surface area contributed by atoms with Gasteiger partial charge in [-0.1, -0.05) is 17.8 Å². The van der Waals surface area contributed by atoms with E-state index >= 15 is 0 Å². The van der Waals surface area contributed by atoms with Gasteiger partial charge in [0.05, 0.1) is 7.11 Å². The van der Waals surface area contributed by atoms with Crippen LogP contribution in [0.15, 0.2) is 27.8 Å². The first-order valence-corrected chi connectivity index (χ1v) is 6.60. The van der Waals surface area contributed by atoms with Gasteiger partial charge in [0.15, 0.2) is 11.6 Å². The van der Waals surface area contributed by atoms with E-state index in [1.807, 2.05) is 0 Å². The van der Waals surface area contributed by atoms with Crippen molar-refractivity contribution in [3.63, 3.8) is 0 Å². The molecule has 1 unspecified atom stereocenters. The van der Waals surface area contributed by atoms with Crippen LogP contribution >= 0.6 is 11.8 Å². The van der Waals surface area contributed by atoms with Gasteiger partial charge in [-0.2, -0.15) is 0 Å². The molecule has 2 rings (SSSR count). The maximum Gasteiger partial charge on any atom is 0.276 e. The molecule has 0 saturated heterocycles. The van der Waals surface area contributed by atoms with E-state index in [2.05, 4.69) is 10.2 Å². The number of hydrogen-bond acceptors (Lipinski definition) is 6. The first-order valence-electron chi connectivity index (χ1n) is 5.62. The quantitative estimate of drug-likeness (QED) is 0.849. The standard InChI is InChI=1S/C12H14FN3O2S/c1-7-15-16-12(18-7)19-6-10(14)8-3-4-11(17-2)9(13)5-8/h3-5,10H,6,14H2,1-2H3. The molecule has 19 heavy (non-hydrogen) atoms. The van der Waals surface area contributed by atoms with E-state index in [1.54, 1.807) is 19.1 Å². The number of nitrogens with zero attached hydrogens (tertiary/aromatic N) is 2. The van der Waals surface area contributed by atoms with Crippen molar-refractivity contribution in [2.75, 3.05) is 12.9 Å². The molecule has 1 aromatic heterocycles. The highest BCUT2D eigenvalue weighted by molar-refractivity contribution is 7.99. The smallest absolute Gasteiger partial charge is 0.276 e. The van der Waals surface area contributed by atoms with Crippen LogP contribution in [0, 0.1) is 12.7 Å². The van der Waals surface area contributed by atoms with Crippen LogP contribution in [0.4, 0.5) is 4.39 Å². The van der Waals surface area contributed by atoms with E-state index in [0.29, 0.717) is 22.4 Å². The molecule has 0 radical (unpaired) electrons. The van der Waals surface area contributed by atoms with E-state index in [0.717, 1.165) is 0 Å². The van der Waals surface area contributed by atoms with Gasteiger partial charge in [-0.25, -0.2) is 4.39 Å². The zero-order valence-electron chi connectivity index (χ0n) is 10.6. The van der Waals surface area contributed by atoms with Crippen LogP contribution < -0.4 is 10.5 Å². The largest absolute Gasteiger partial charge is 0.494 e. The van der Waals surface area contributed by atoms with Gasteiger partial charge in [0.1, 0.15) is 0 Å². The topological polar surface area (TPSA) is 74.2 Å². The average Bonchev–Trinajstić information content (AvgIpc) is 2.81. The molecular weight excluding hydrogens is 269 g/mol. The monoisotopic (exact) mass is 283 g/mol.